The molecule has 1 heterocycles. The number of ketones is 1. The molecule has 9 nitrogen and oxygen atoms in total. The van der Waals surface area contributed by atoms with Crippen molar-refractivity contribution >= 4 is 17.7 Å². The third-order valence-corrected chi connectivity index (χ3v) is 17.9. The van der Waals surface area contributed by atoms with E-state index in [2.05, 4.69) is 72.4 Å². The number of aliphatic carboxylic acids is 1. The maximum absolute atomic E-state index is 14.4. The Bertz CT molecular complexity index is 1770. The predicted octanol–water partition coefficient (Wildman–Crippen LogP) is 9.11. The lowest BCUT2D eigenvalue weighted by Crippen LogP contribution is -2.65. The molecule has 0 aromatic carbocycles. The van der Waals surface area contributed by atoms with E-state index in [1.807, 2.05) is 18.5 Å². The van der Waals surface area contributed by atoms with Gasteiger partial charge in [-0.2, -0.15) is 0 Å². The summed E-state index contributed by atoms with van der Waals surface area (Å²) in [5.41, 5.74) is 1.46. The first kappa shape index (κ1) is 42.5. The molecule has 57 heavy (non-hydrogen) atoms. The number of rotatable bonds is 13. The molecular formula is C48H74N4O5. The van der Waals surface area contributed by atoms with Gasteiger partial charge in [0.2, 0.25) is 0 Å². The van der Waals surface area contributed by atoms with Crippen LogP contribution in [-0.2, 0) is 24.7 Å². The average Bonchev–Trinajstić information content (AvgIpc) is 3.87. The topological polar surface area (TPSA) is 113 Å². The molecule has 9 heteroatoms. The Morgan fingerprint density at radius 1 is 0.877 bits per heavy atom. The van der Waals surface area contributed by atoms with Crippen molar-refractivity contribution in [1.82, 2.24) is 19.8 Å². The fourth-order valence-electron chi connectivity index (χ4n) is 14.4. The molecule has 6 aliphatic rings. The highest BCUT2D eigenvalue weighted by atomic mass is 16.5. The minimum atomic E-state index is -1.15. The van der Waals surface area contributed by atoms with Gasteiger partial charge in [0.15, 0.2) is 5.78 Å². The number of nitrogens with zero attached hydrogens (tertiary/aromatic N) is 4. The summed E-state index contributed by atoms with van der Waals surface area (Å²) in [5.74, 6) is 1.55. The van der Waals surface area contributed by atoms with Crippen LogP contribution in [0.5, 0.6) is 0 Å². The molecule has 1 aromatic heterocycles. The Kier molecular flexibility index (Phi) is 10.8. The maximum atomic E-state index is 14.4. The lowest BCUT2D eigenvalue weighted by atomic mass is 9.33. The lowest BCUT2D eigenvalue weighted by Gasteiger charge is -2.72. The van der Waals surface area contributed by atoms with E-state index in [1.54, 1.807) is 19.4 Å². The minimum absolute atomic E-state index is 0.0869. The fourth-order valence-corrected chi connectivity index (χ4v) is 14.4. The van der Waals surface area contributed by atoms with Crippen molar-refractivity contribution in [2.24, 2.45) is 56.2 Å². The molecule has 0 radical (unpaired) electrons. The summed E-state index contributed by atoms with van der Waals surface area (Å²) < 4.78 is 6.22. The first-order valence-corrected chi connectivity index (χ1v) is 22.5. The summed E-state index contributed by atoms with van der Waals surface area (Å²) in [6.45, 7) is 23.0. The van der Waals surface area contributed by atoms with Crippen molar-refractivity contribution in [3.8, 4) is 0 Å². The number of esters is 1. The third-order valence-electron chi connectivity index (χ3n) is 17.9. The van der Waals surface area contributed by atoms with E-state index in [0.717, 1.165) is 95.2 Å². The number of carbonyl (C=O) groups is 3. The first-order chi connectivity index (χ1) is 26.6. The van der Waals surface area contributed by atoms with E-state index in [9.17, 15) is 19.5 Å². The number of carbonyl (C=O) groups excluding carboxylic acids is 2. The Morgan fingerprint density at radius 2 is 1.56 bits per heavy atom. The van der Waals surface area contributed by atoms with E-state index < -0.39 is 17.4 Å². The van der Waals surface area contributed by atoms with E-state index in [4.69, 9.17) is 14.7 Å². The zero-order chi connectivity index (χ0) is 41.6. The Balaban J connectivity index is 1.16. The van der Waals surface area contributed by atoms with Crippen LogP contribution in [0.15, 0.2) is 29.6 Å². The summed E-state index contributed by atoms with van der Waals surface area (Å²) in [6.07, 6.45) is 15.9. The molecule has 1 N–H and O–H groups in total. The van der Waals surface area contributed by atoms with E-state index in [0.29, 0.717) is 30.0 Å². The number of fused-ring (bicyclic) bond motifs is 7. The van der Waals surface area contributed by atoms with Crippen LogP contribution in [-0.4, -0.2) is 82.4 Å². The molecule has 0 spiro atoms. The maximum Gasteiger partial charge on any atom is 0.309 e. The van der Waals surface area contributed by atoms with Gasteiger partial charge in [-0.3, -0.25) is 19.3 Å². The monoisotopic (exact) mass is 787 g/mol. The summed E-state index contributed by atoms with van der Waals surface area (Å²) in [4.78, 5) is 53.9. The number of hydrogen-bond donors (Lipinski definition) is 1. The van der Waals surface area contributed by atoms with Gasteiger partial charge in [0.05, 0.1) is 17.4 Å². The number of ether oxygens (including phenoxy) is 1. The molecule has 7 rings (SSSR count). The van der Waals surface area contributed by atoms with Crippen LogP contribution in [0.4, 0.5) is 0 Å². The van der Waals surface area contributed by atoms with Crippen molar-refractivity contribution < 1.29 is 24.2 Å². The standard InChI is InChI=1S/C48H74N4O5/c1-31(2)38-33(53)29-47(23-26-52(28-27-51(10)11)48(21-22-48)40-49-24-12-25-50-40)20-19-45(8)32(39(38)47)13-14-35-44(7)17-16-36(57-37(54)30-42(3,4)41(55)56)43(5,6)34(44)15-18-46(35,45)9/h12,24-25,31-32,34-36H,13-23,26-30H2,1-11H3,(H,55,56). The quantitative estimate of drug-likeness (QED) is 0.196. The first-order valence-electron chi connectivity index (χ1n) is 22.5. The van der Waals surface area contributed by atoms with Crippen LogP contribution in [0, 0.1) is 56.2 Å². The highest BCUT2D eigenvalue weighted by molar-refractivity contribution is 6.00. The molecule has 316 valence electrons. The average molecular weight is 787 g/mol. The normalized spacial score (nSPS) is 36.8. The van der Waals surface area contributed by atoms with Crippen LogP contribution in [0.2, 0.25) is 0 Å². The third kappa shape index (κ3) is 6.75. The lowest BCUT2D eigenvalue weighted by molar-refractivity contribution is -0.233. The number of likely N-dealkylation sites (N-methyl/N-ethyl adjacent to an activating group) is 1. The number of aromatic nitrogens is 2. The summed E-state index contributed by atoms with van der Waals surface area (Å²) in [7, 11) is 4.31. The molecule has 8 unspecified atom stereocenters. The molecule has 5 saturated carbocycles. The second kappa shape index (κ2) is 14.5. The van der Waals surface area contributed by atoms with E-state index in [-0.39, 0.29) is 51.1 Å². The van der Waals surface area contributed by atoms with Crippen molar-refractivity contribution in [3.05, 3.63) is 35.4 Å². The second-order valence-electron chi connectivity index (χ2n) is 22.3. The van der Waals surface area contributed by atoms with Crippen LogP contribution in [0.25, 0.3) is 0 Å². The number of hydrogen-bond acceptors (Lipinski definition) is 8. The largest absolute Gasteiger partial charge is 0.481 e. The van der Waals surface area contributed by atoms with Crippen molar-refractivity contribution in [3.63, 3.8) is 0 Å². The smallest absolute Gasteiger partial charge is 0.309 e. The molecule has 5 fully saturated rings. The van der Waals surface area contributed by atoms with Gasteiger partial charge < -0.3 is 14.7 Å². The van der Waals surface area contributed by atoms with Gasteiger partial charge in [0.1, 0.15) is 11.9 Å². The zero-order valence-corrected chi connectivity index (χ0v) is 37.3. The summed E-state index contributed by atoms with van der Waals surface area (Å²) in [6, 6.07) is 1.91. The number of Topliss-reactive ketones (excluding diaryl/α,β-unsaturated/α-hetero) is 1. The fraction of sp³-hybridized carbons (Fsp3) is 0.812. The molecule has 0 bridgehead atoms. The van der Waals surface area contributed by atoms with Crippen LogP contribution < -0.4 is 0 Å². The van der Waals surface area contributed by atoms with Crippen molar-refractivity contribution in [1.29, 1.82) is 0 Å². The Hall–Kier alpha value is -2.65. The van der Waals surface area contributed by atoms with Gasteiger partial charge in [-0.25, -0.2) is 9.97 Å². The minimum Gasteiger partial charge on any atom is -0.481 e. The number of allylic oxidation sites excluding steroid dienone is 2. The predicted molar refractivity (Wildman–Crippen MR) is 223 cm³/mol. The SMILES string of the molecule is CC(C)C1=C2C3CCC4C5(C)CCC(OC(=O)CC(C)(C)C(=O)O)C(C)(C)C5CCC4(C)C3(C)CCC2(CCN(CCN(C)C)C2(c3ncccn3)CC2)CC1=O. The van der Waals surface area contributed by atoms with Gasteiger partial charge in [0.25, 0.3) is 0 Å². The van der Waals surface area contributed by atoms with E-state index in [1.165, 1.54) is 6.42 Å². The van der Waals surface area contributed by atoms with E-state index >= 15 is 0 Å². The van der Waals surface area contributed by atoms with Gasteiger partial charge in [-0.05, 0) is 150 Å². The molecule has 0 saturated heterocycles. The Morgan fingerprint density at radius 3 is 2.18 bits per heavy atom. The van der Waals surface area contributed by atoms with Crippen LogP contribution in [0.1, 0.15) is 152 Å². The Labute approximate surface area is 343 Å². The van der Waals surface area contributed by atoms with Gasteiger partial charge in [0, 0.05) is 49.3 Å². The summed E-state index contributed by atoms with van der Waals surface area (Å²) >= 11 is 0. The van der Waals surface area contributed by atoms with Crippen LogP contribution >= 0.6 is 0 Å². The second-order valence-corrected chi connectivity index (χ2v) is 22.3. The number of carboxylic acids is 1. The van der Waals surface area contributed by atoms with Gasteiger partial charge in [-0.15, -0.1) is 0 Å². The molecule has 0 amide bonds. The van der Waals surface area contributed by atoms with Gasteiger partial charge >= 0.3 is 11.9 Å². The molecule has 1 aromatic rings. The molecule has 6 aliphatic carbocycles. The molecule has 0 aliphatic heterocycles. The molecule has 8 atom stereocenters. The number of carboxylic acid groups (broad SMARTS) is 1. The van der Waals surface area contributed by atoms with Crippen LogP contribution in [0.3, 0.4) is 0 Å². The highest BCUT2D eigenvalue weighted by Crippen LogP contribution is 2.77. The summed E-state index contributed by atoms with van der Waals surface area (Å²) in [5, 5.41) is 9.66. The highest BCUT2D eigenvalue weighted by Gasteiger charge is 2.70. The van der Waals surface area contributed by atoms with Gasteiger partial charge in [-0.1, -0.05) is 54.0 Å². The van der Waals surface area contributed by atoms with Crippen molar-refractivity contribution in [2.45, 2.75) is 157 Å². The van der Waals surface area contributed by atoms with Crippen molar-refractivity contribution in [2.75, 3.05) is 33.7 Å². The molecular weight excluding hydrogens is 713 g/mol. The zero-order valence-electron chi connectivity index (χ0n) is 37.3.